The van der Waals surface area contributed by atoms with Crippen LogP contribution in [0.1, 0.15) is 13.3 Å². The molecule has 1 heterocycles. The Hall–Kier alpha value is -0.880. The van der Waals surface area contributed by atoms with Crippen LogP contribution in [0.25, 0.3) is 0 Å². The lowest BCUT2D eigenvalue weighted by atomic mass is 10.4. The van der Waals surface area contributed by atoms with Gasteiger partial charge in [0.1, 0.15) is 16.6 Å². The number of nitrogen functional groups attached to an aromatic ring is 1. The first-order valence-corrected chi connectivity index (χ1v) is 5.18. The van der Waals surface area contributed by atoms with Crippen molar-refractivity contribution in [2.75, 3.05) is 23.9 Å². The molecule has 0 saturated heterocycles. The zero-order valence-corrected chi connectivity index (χ0v) is 9.87. The third kappa shape index (κ3) is 2.33. The van der Waals surface area contributed by atoms with Crippen molar-refractivity contribution >= 4 is 27.6 Å². The first-order valence-electron chi connectivity index (χ1n) is 4.39. The van der Waals surface area contributed by atoms with Crippen molar-refractivity contribution in [3.8, 4) is 0 Å². The van der Waals surface area contributed by atoms with Gasteiger partial charge in [-0.2, -0.15) is 0 Å². The van der Waals surface area contributed by atoms with Gasteiger partial charge in [0, 0.05) is 13.6 Å². The molecule has 1 rings (SSSR count). The normalized spacial score (nSPS) is 10.0. The average Bonchev–Trinajstić information content (AvgIpc) is 2.18. The van der Waals surface area contributed by atoms with Gasteiger partial charge in [0.05, 0.1) is 0 Å². The number of aromatic nitrogens is 2. The van der Waals surface area contributed by atoms with Crippen LogP contribution < -0.4 is 16.2 Å². The Morgan fingerprint density at radius 2 is 2.29 bits per heavy atom. The lowest BCUT2D eigenvalue weighted by Gasteiger charge is -2.19. The van der Waals surface area contributed by atoms with Gasteiger partial charge >= 0.3 is 0 Å². The fourth-order valence-corrected chi connectivity index (χ4v) is 1.79. The second-order valence-electron chi connectivity index (χ2n) is 2.93. The zero-order valence-electron chi connectivity index (χ0n) is 8.29. The molecule has 3 N–H and O–H groups in total. The first kappa shape index (κ1) is 11.2. The minimum absolute atomic E-state index is 0.595. The Labute approximate surface area is 91.8 Å². The zero-order chi connectivity index (χ0) is 10.6. The van der Waals surface area contributed by atoms with Gasteiger partial charge in [-0.1, -0.05) is 6.92 Å². The van der Waals surface area contributed by atoms with Crippen molar-refractivity contribution in [3.05, 3.63) is 10.8 Å². The Morgan fingerprint density at radius 3 is 2.86 bits per heavy atom. The van der Waals surface area contributed by atoms with Gasteiger partial charge in [0.2, 0.25) is 0 Å². The van der Waals surface area contributed by atoms with Crippen molar-refractivity contribution in [3.63, 3.8) is 0 Å². The summed E-state index contributed by atoms with van der Waals surface area (Å²) in [6.07, 6.45) is 2.56. The van der Waals surface area contributed by atoms with E-state index in [4.69, 9.17) is 5.84 Å². The summed E-state index contributed by atoms with van der Waals surface area (Å²) in [5.74, 6) is 6.74. The van der Waals surface area contributed by atoms with Crippen molar-refractivity contribution in [1.29, 1.82) is 0 Å². The highest BCUT2D eigenvalue weighted by Gasteiger charge is 2.10. The van der Waals surface area contributed by atoms with Gasteiger partial charge in [-0.15, -0.1) is 0 Å². The molecule has 0 fully saturated rings. The van der Waals surface area contributed by atoms with E-state index in [1.165, 1.54) is 6.33 Å². The van der Waals surface area contributed by atoms with Crippen LogP contribution in [0.4, 0.5) is 11.6 Å². The molecule has 0 aliphatic carbocycles. The van der Waals surface area contributed by atoms with E-state index in [2.05, 4.69) is 38.2 Å². The number of hydrazine groups is 1. The summed E-state index contributed by atoms with van der Waals surface area (Å²) in [4.78, 5) is 10.2. The maximum atomic E-state index is 5.30. The second-order valence-corrected chi connectivity index (χ2v) is 3.72. The molecule has 0 radical (unpaired) electrons. The molecule has 1 aromatic rings. The molecule has 0 aliphatic rings. The Balaban J connectivity index is 2.96. The number of hydrogen-bond acceptors (Lipinski definition) is 5. The van der Waals surface area contributed by atoms with E-state index < -0.39 is 0 Å². The molecule has 0 bridgehead atoms. The number of nitrogens with zero attached hydrogens (tertiary/aromatic N) is 3. The van der Waals surface area contributed by atoms with Gasteiger partial charge in [-0.25, -0.2) is 15.8 Å². The minimum Gasteiger partial charge on any atom is -0.359 e. The number of nitrogens with one attached hydrogen (secondary N) is 1. The highest BCUT2D eigenvalue weighted by molar-refractivity contribution is 9.10. The van der Waals surface area contributed by atoms with Crippen LogP contribution in [0.5, 0.6) is 0 Å². The van der Waals surface area contributed by atoms with Crippen LogP contribution in [-0.2, 0) is 0 Å². The number of hydrogen-bond donors (Lipinski definition) is 2. The van der Waals surface area contributed by atoms with E-state index >= 15 is 0 Å². The molecule has 14 heavy (non-hydrogen) atoms. The summed E-state index contributed by atoms with van der Waals surface area (Å²) in [5.41, 5.74) is 2.51. The fraction of sp³-hybridized carbons (Fsp3) is 0.500. The summed E-state index contributed by atoms with van der Waals surface area (Å²) < 4.78 is 0.790. The van der Waals surface area contributed by atoms with Crippen LogP contribution >= 0.6 is 15.9 Å². The summed E-state index contributed by atoms with van der Waals surface area (Å²) in [5, 5.41) is 0. The molecule has 0 aromatic carbocycles. The van der Waals surface area contributed by atoms with Crippen LogP contribution in [0.3, 0.4) is 0 Å². The highest BCUT2D eigenvalue weighted by atomic mass is 79.9. The molecule has 78 valence electrons. The fourth-order valence-electron chi connectivity index (χ4n) is 1.17. The topological polar surface area (TPSA) is 67.1 Å². The minimum atomic E-state index is 0.595. The smallest absolute Gasteiger partial charge is 0.159 e. The molecule has 6 heteroatoms. The van der Waals surface area contributed by atoms with E-state index in [1.54, 1.807) is 0 Å². The molecular formula is C8H14BrN5. The molecule has 1 aromatic heterocycles. The third-order valence-electron chi connectivity index (χ3n) is 1.83. The van der Waals surface area contributed by atoms with E-state index in [1.807, 2.05) is 11.9 Å². The SMILES string of the molecule is CCCN(C)c1ncnc(NN)c1Br. The van der Waals surface area contributed by atoms with Gasteiger partial charge in [0.15, 0.2) is 5.82 Å². The lowest BCUT2D eigenvalue weighted by molar-refractivity contribution is 0.831. The summed E-state index contributed by atoms with van der Waals surface area (Å²) in [7, 11) is 1.98. The lowest BCUT2D eigenvalue weighted by Crippen LogP contribution is -2.21. The summed E-state index contributed by atoms with van der Waals surface area (Å²) >= 11 is 3.40. The Morgan fingerprint density at radius 1 is 1.57 bits per heavy atom. The molecule has 0 atom stereocenters. The number of nitrogens with two attached hydrogens (primary N) is 1. The van der Waals surface area contributed by atoms with Crippen molar-refractivity contribution < 1.29 is 0 Å². The predicted molar refractivity (Wildman–Crippen MR) is 61.1 cm³/mol. The molecule has 0 aliphatic heterocycles. The monoisotopic (exact) mass is 259 g/mol. The predicted octanol–water partition coefficient (Wildman–Crippen LogP) is 1.37. The second kappa shape index (κ2) is 5.11. The number of rotatable bonds is 4. The van der Waals surface area contributed by atoms with E-state index in [-0.39, 0.29) is 0 Å². The Bertz CT molecular complexity index is 304. The first-order chi connectivity index (χ1) is 6.70. The standard InChI is InChI=1S/C8H14BrN5/c1-3-4-14(2)8-6(9)7(13-10)11-5-12-8/h5H,3-4,10H2,1-2H3,(H,11,12,13). The van der Waals surface area contributed by atoms with E-state index in [0.717, 1.165) is 23.3 Å². The molecule has 0 saturated carbocycles. The largest absolute Gasteiger partial charge is 0.359 e. The van der Waals surface area contributed by atoms with Crippen molar-refractivity contribution in [2.24, 2.45) is 5.84 Å². The molecule has 5 nitrogen and oxygen atoms in total. The summed E-state index contributed by atoms with van der Waals surface area (Å²) in [6, 6.07) is 0. The van der Waals surface area contributed by atoms with Crippen LogP contribution in [0.2, 0.25) is 0 Å². The quantitative estimate of drug-likeness (QED) is 0.632. The number of halogens is 1. The molecule has 0 amide bonds. The van der Waals surface area contributed by atoms with E-state index in [0.29, 0.717) is 5.82 Å². The van der Waals surface area contributed by atoms with E-state index in [9.17, 15) is 0 Å². The average molecular weight is 260 g/mol. The van der Waals surface area contributed by atoms with Crippen LogP contribution in [0.15, 0.2) is 10.8 Å². The molecule has 0 unspecified atom stereocenters. The van der Waals surface area contributed by atoms with Gasteiger partial charge in [-0.3, -0.25) is 0 Å². The molecular weight excluding hydrogens is 246 g/mol. The van der Waals surface area contributed by atoms with Crippen LogP contribution in [0, 0.1) is 0 Å². The van der Waals surface area contributed by atoms with Gasteiger partial charge in [-0.05, 0) is 22.4 Å². The van der Waals surface area contributed by atoms with Crippen LogP contribution in [-0.4, -0.2) is 23.6 Å². The third-order valence-corrected chi connectivity index (χ3v) is 2.56. The Kier molecular flexibility index (Phi) is 4.09. The number of anilines is 2. The molecule has 0 spiro atoms. The highest BCUT2D eigenvalue weighted by Crippen LogP contribution is 2.27. The maximum Gasteiger partial charge on any atom is 0.159 e. The van der Waals surface area contributed by atoms with Gasteiger partial charge < -0.3 is 10.3 Å². The maximum absolute atomic E-state index is 5.30. The van der Waals surface area contributed by atoms with Gasteiger partial charge in [0.25, 0.3) is 0 Å². The summed E-state index contributed by atoms with van der Waals surface area (Å²) in [6.45, 7) is 3.06. The van der Waals surface area contributed by atoms with Crippen molar-refractivity contribution in [2.45, 2.75) is 13.3 Å². The van der Waals surface area contributed by atoms with Crippen molar-refractivity contribution in [1.82, 2.24) is 9.97 Å².